The van der Waals surface area contributed by atoms with Crippen LogP contribution in [0.1, 0.15) is 41.6 Å². The third kappa shape index (κ3) is 4.60. The summed E-state index contributed by atoms with van der Waals surface area (Å²) < 4.78 is 15.1. The maximum atomic E-state index is 13.2. The number of carbonyl (C=O) groups is 1. The Kier molecular flexibility index (Phi) is 5.93. The molecule has 3 heterocycles. The number of fused-ring (bicyclic) bond motifs is 1. The smallest absolute Gasteiger partial charge is 0.255 e. The molecule has 0 unspecified atom stereocenters. The summed E-state index contributed by atoms with van der Waals surface area (Å²) in [5.41, 5.74) is 10.2. The fraction of sp³-hybridized carbons (Fsp3) is 0.280. The van der Waals surface area contributed by atoms with Gasteiger partial charge in [0.15, 0.2) is 0 Å². The molecule has 1 aromatic carbocycles. The second kappa shape index (κ2) is 9.18. The maximum absolute atomic E-state index is 13.2. The second-order valence-corrected chi connectivity index (χ2v) is 8.73. The number of rotatable bonds is 5. The molecule has 1 amide bonds. The molecule has 9 heteroatoms. The summed E-state index contributed by atoms with van der Waals surface area (Å²) in [5.74, 6) is -0.128. The van der Waals surface area contributed by atoms with Gasteiger partial charge in [0.2, 0.25) is 5.95 Å². The van der Waals surface area contributed by atoms with Gasteiger partial charge in [-0.05, 0) is 74.6 Å². The van der Waals surface area contributed by atoms with Gasteiger partial charge in [-0.1, -0.05) is 0 Å². The summed E-state index contributed by atoms with van der Waals surface area (Å²) in [6, 6.07) is 9.62. The van der Waals surface area contributed by atoms with Crippen molar-refractivity contribution in [1.82, 2.24) is 19.4 Å². The van der Waals surface area contributed by atoms with Crippen molar-refractivity contribution in [2.24, 2.45) is 5.73 Å². The topological polar surface area (TPSA) is 110 Å². The zero-order valence-corrected chi connectivity index (χ0v) is 18.8. The Labute approximate surface area is 196 Å². The van der Waals surface area contributed by atoms with Gasteiger partial charge in [0.25, 0.3) is 5.91 Å². The van der Waals surface area contributed by atoms with Crippen LogP contribution in [0.5, 0.6) is 0 Å². The van der Waals surface area contributed by atoms with Crippen LogP contribution in [0, 0.1) is 12.7 Å². The zero-order valence-electron chi connectivity index (χ0n) is 18.8. The Bertz CT molecular complexity index is 1330. The number of amides is 1. The lowest BCUT2D eigenvalue weighted by Gasteiger charge is -2.26. The molecule has 0 aliphatic heterocycles. The van der Waals surface area contributed by atoms with E-state index in [0.717, 1.165) is 48.3 Å². The summed E-state index contributed by atoms with van der Waals surface area (Å²) in [6.45, 7) is 1.96. The summed E-state index contributed by atoms with van der Waals surface area (Å²) in [7, 11) is 0. The molecule has 1 aliphatic carbocycles. The number of hydrogen-bond acceptors (Lipinski definition) is 6. The molecular weight excluding hydrogens is 433 g/mol. The fourth-order valence-electron chi connectivity index (χ4n) is 4.25. The van der Waals surface area contributed by atoms with E-state index in [1.807, 2.05) is 17.4 Å². The van der Waals surface area contributed by atoms with Gasteiger partial charge < -0.3 is 16.4 Å². The van der Waals surface area contributed by atoms with Crippen molar-refractivity contribution in [1.29, 1.82) is 0 Å². The van der Waals surface area contributed by atoms with Crippen LogP contribution in [0.25, 0.3) is 17.0 Å². The van der Waals surface area contributed by atoms with Gasteiger partial charge in [-0.2, -0.15) is 0 Å². The molecule has 1 aliphatic rings. The van der Waals surface area contributed by atoms with E-state index in [0.29, 0.717) is 23.2 Å². The first-order chi connectivity index (χ1) is 16.5. The van der Waals surface area contributed by atoms with Crippen LogP contribution < -0.4 is 16.4 Å². The number of nitrogens with zero attached hydrogens (tertiary/aromatic N) is 4. The molecule has 5 rings (SSSR count). The highest BCUT2D eigenvalue weighted by molar-refractivity contribution is 6.04. The van der Waals surface area contributed by atoms with Gasteiger partial charge in [-0.25, -0.2) is 19.3 Å². The van der Waals surface area contributed by atoms with Gasteiger partial charge in [0.1, 0.15) is 11.5 Å². The van der Waals surface area contributed by atoms with E-state index in [9.17, 15) is 9.18 Å². The van der Waals surface area contributed by atoms with Crippen LogP contribution in [0.2, 0.25) is 0 Å². The van der Waals surface area contributed by atoms with Gasteiger partial charge >= 0.3 is 0 Å². The highest BCUT2D eigenvalue weighted by Crippen LogP contribution is 2.26. The number of anilines is 2. The number of aryl methyl sites for hydroxylation is 1. The van der Waals surface area contributed by atoms with Crippen LogP contribution in [0.3, 0.4) is 0 Å². The molecule has 0 spiro atoms. The number of nitrogens with one attached hydrogen (secondary N) is 2. The molecule has 0 bridgehead atoms. The standard InChI is InChI=1S/C25H26FN7O/c1-15-12-29-25(31-19-8-6-18(27)7-9-19)32-23(15)21-13-28-22-11-10-20(14-33(21)22)30-24(34)16-2-4-17(26)5-3-16/h2-5,10-14,18-19H,6-9,27H2,1H3,(H,30,34)(H,29,31,32)/t18-,19-. The third-order valence-corrected chi connectivity index (χ3v) is 6.19. The zero-order chi connectivity index (χ0) is 23.7. The van der Waals surface area contributed by atoms with Crippen LogP contribution in [-0.2, 0) is 0 Å². The van der Waals surface area contributed by atoms with Crippen molar-refractivity contribution in [3.05, 3.63) is 71.9 Å². The van der Waals surface area contributed by atoms with Crippen LogP contribution in [0.4, 0.5) is 16.0 Å². The lowest BCUT2D eigenvalue weighted by atomic mass is 9.92. The van der Waals surface area contributed by atoms with Crippen molar-refractivity contribution in [2.45, 2.75) is 44.7 Å². The first-order valence-electron chi connectivity index (χ1n) is 11.4. The number of carbonyl (C=O) groups excluding carboxylic acids is 1. The molecule has 4 aromatic rings. The molecule has 34 heavy (non-hydrogen) atoms. The number of aromatic nitrogens is 4. The van der Waals surface area contributed by atoms with E-state index in [4.69, 9.17) is 10.7 Å². The highest BCUT2D eigenvalue weighted by Gasteiger charge is 2.20. The lowest BCUT2D eigenvalue weighted by Crippen LogP contribution is -2.33. The average molecular weight is 460 g/mol. The average Bonchev–Trinajstić information content (AvgIpc) is 3.25. The number of hydrogen-bond donors (Lipinski definition) is 3. The molecule has 0 atom stereocenters. The predicted molar refractivity (Wildman–Crippen MR) is 129 cm³/mol. The first-order valence-corrected chi connectivity index (χ1v) is 11.4. The minimum atomic E-state index is -0.387. The summed E-state index contributed by atoms with van der Waals surface area (Å²) >= 11 is 0. The van der Waals surface area contributed by atoms with Crippen molar-refractivity contribution in [3.63, 3.8) is 0 Å². The van der Waals surface area contributed by atoms with E-state index >= 15 is 0 Å². The number of pyridine rings is 1. The number of halogens is 1. The van der Waals surface area contributed by atoms with Crippen LogP contribution in [0.15, 0.2) is 55.0 Å². The maximum Gasteiger partial charge on any atom is 0.255 e. The Morgan fingerprint density at radius 2 is 1.82 bits per heavy atom. The Morgan fingerprint density at radius 3 is 2.59 bits per heavy atom. The van der Waals surface area contributed by atoms with Crippen LogP contribution >= 0.6 is 0 Å². The van der Waals surface area contributed by atoms with E-state index in [1.54, 1.807) is 24.7 Å². The first kappa shape index (κ1) is 22.0. The molecule has 8 nitrogen and oxygen atoms in total. The molecule has 3 aromatic heterocycles. The molecule has 1 saturated carbocycles. The van der Waals surface area contributed by atoms with Crippen molar-refractivity contribution in [2.75, 3.05) is 10.6 Å². The SMILES string of the molecule is Cc1cnc(N[C@H]2CC[C@H](N)CC2)nc1-c1cnc2ccc(NC(=O)c3ccc(F)cc3)cn12. The van der Waals surface area contributed by atoms with Crippen molar-refractivity contribution >= 4 is 23.2 Å². The quantitative estimate of drug-likeness (QED) is 0.413. The fourth-order valence-corrected chi connectivity index (χ4v) is 4.25. The molecule has 0 saturated heterocycles. The minimum Gasteiger partial charge on any atom is -0.351 e. The largest absolute Gasteiger partial charge is 0.351 e. The highest BCUT2D eigenvalue weighted by atomic mass is 19.1. The number of imidazole rings is 1. The van der Waals surface area contributed by atoms with Gasteiger partial charge in [0, 0.05) is 30.0 Å². The van der Waals surface area contributed by atoms with E-state index < -0.39 is 0 Å². The molecular formula is C25H26FN7O. The predicted octanol–water partition coefficient (Wildman–Crippen LogP) is 4.17. The number of benzene rings is 1. The molecule has 0 radical (unpaired) electrons. The van der Waals surface area contributed by atoms with Crippen molar-refractivity contribution < 1.29 is 9.18 Å². The third-order valence-electron chi connectivity index (χ3n) is 6.19. The monoisotopic (exact) mass is 459 g/mol. The van der Waals surface area contributed by atoms with Gasteiger partial charge in [-0.15, -0.1) is 0 Å². The Morgan fingerprint density at radius 1 is 1.06 bits per heavy atom. The Balaban J connectivity index is 1.41. The van der Waals surface area contributed by atoms with E-state index in [2.05, 4.69) is 20.6 Å². The lowest BCUT2D eigenvalue weighted by molar-refractivity contribution is 0.102. The van der Waals surface area contributed by atoms with E-state index in [1.165, 1.54) is 24.3 Å². The summed E-state index contributed by atoms with van der Waals surface area (Å²) in [5, 5.41) is 6.30. The number of nitrogens with two attached hydrogens (primary N) is 1. The van der Waals surface area contributed by atoms with Crippen molar-refractivity contribution in [3.8, 4) is 11.4 Å². The molecule has 4 N–H and O–H groups in total. The van der Waals surface area contributed by atoms with Crippen LogP contribution in [-0.4, -0.2) is 37.3 Å². The molecule has 174 valence electrons. The minimum absolute atomic E-state index is 0.281. The molecule has 1 fully saturated rings. The van der Waals surface area contributed by atoms with Gasteiger partial charge in [0.05, 0.1) is 23.3 Å². The Hall–Kier alpha value is -3.85. The normalized spacial score (nSPS) is 18.1. The summed E-state index contributed by atoms with van der Waals surface area (Å²) in [4.78, 5) is 26.3. The summed E-state index contributed by atoms with van der Waals surface area (Å²) in [6.07, 6.45) is 9.36. The second-order valence-electron chi connectivity index (χ2n) is 8.73. The van der Waals surface area contributed by atoms with E-state index in [-0.39, 0.29) is 17.8 Å². The van der Waals surface area contributed by atoms with Gasteiger partial charge in [-0.3, -0.25) is 9.20 Å².